The summed E-state index contributed by atoms with van der Waals surface area (Å²) in [7, 11) is 0. The number of carbonyl (C=O) groups excluding carboxylic acids is 2. The lowest BCUT2D eigenvalue weighted by molar-refractivity contribution is -0.123. The predicted molar refractivity (Wildman–Crippen MR) is 95.7 cm³/mol. The molecule has 1 fully saturated rings. The molecular weight excluding hydrogens is 332 g/mol. The maximum Gasteiger partial charge on any atom is 0.305 e. The van der Waals surface area contributed by atoms with Crippen molar-refractivity contribution in [3.63, 3.8) is 0 Å². The van der Waals surface area contributed by atoms with Gasteiger partial charge in [0.2, 0.25) is 0 Å². The smallest absolute Gasteiger partial charge is 0.305 e. The van der Waals surface area contributed by atoms with Crippen LogP contribution in [0.4, 0.5) is 0 Å². The van der Waals surface area contributed by atoms with E-state index >= 15 is 0 Å². The maximum atomic E-state index is 12.3. The molecule has 2 atom stereocenters. The molecule has 4 N–H and O–H groups in total. The molecule has 2 heterocycles. The molecule has 2 aromatic carbocycles. The van der Waals surface area contributed by atoms with Gasteiger partial charge in [0.15, 0.2) is 5.76 Å². The van der Waals surface area contributed by atoms with Gasteiger partial charge in [-0.15, -0.1) is 0 Å². The van der Waals surface area contributed by atoms with Crippen LogP contribution in [0.1, 0.15) is 28.6 Å². The summed E-state index contributed by atoms with van der Waals surface area (Å²) in [5.41, 5.74) is 12.6. The molecule has 26 heavy (non-hydrogen) atoms. The number of amides is 2. The SMILES string of the molecule is O=C(NNC(=O)C1CC(c2ccccc2)NN1)c1cc2ccccc2o1. The molecule has 2 unspecified atom stereocenters. The van der Waals surface area contributed by atoms with Gasteiger partial charge in [0, 0.05) is 11.4 Å². The van der Waals surface area contributed by atoms with Gasteiger partial charge >= 0.3 is 5.91 Å². The molecule has 1 aliphatic heterocycles. The van der Waals surface area contributed by atoms with Crippen LogP contribution in [0.25, 0.3) is 11.0 Å². The molecule has 0 bridgehead atoms. The fourth-order valence-corrected chi connectivity index (χ4v) is 2.99. The number of hydrogen-bond donors (Lipinski definition) is 4. The number of fused-ring (bicyclic) bond motifs is 1. The van der Waals surface area contributed by atoms with E-state index in [-0.39, 0.29) is 17.7 Å². The summed E-state index contributed by atoms with van der Waals surface area (Å²) in [6.07, 6.45) is 0.580. The Bertz CT molecular complexity index is 905. The van der Waals surface area contributed by atoms with Crippen molar-refractivity contribution in [1.29, 1.82) is 0 Å². The van der Waals surface area contributed by atoms with E-state index in [4.69, 9.17) is 4.42 Å². The van der Waals surface area contributed by atoms with Crippen LogP contribution in [0.5, 0.6) is 0 Å². The highest BCUT2D eigenvalue weighted by Crippen LogP contribution is 2.22. The Hall–Kier alpha value is -3.16. The molecule has 132 valence electrons. The van der Waals surface area contributed by atoms with Crippen LogP contribution in [0.15, 0.2) is 65.1 Å². The van der Waals surface area contributed by atoms with Crippen molar-refractivity contribution in [2.75, 3.05) is 0 Å². The third-order valence-electron chi connectivity index (χ3n) is 4.37. The molecule has 7 nitrogen and oxygen atoms in total. The molecule has 0 saturated carbocycles. The van der Waals surface area contributed by atoms with Gasteiger partial charge < -0.3 is 4.42 Å². The van der Waals surface area contributed by atoms with Crippen LogP contribution in [-0.2, 0) is 4.79 Å². The number of carbonyl (C=O) groups is 2. The molecule has 1 aliphatic rings. The first-order chi connectivity index (χ1) is 12.7. The maximum absolute atomic E-state index is 12.3. The van der Waals surface area contributed by atoms with Crippen molar-refractivity contribution in [2.45, 2.75) is 18.5 Å². The fraction of sp³-hybridized carbons (Fsp3) is 0.158. The lowest BCUT2D eigenvalue weighted by Gasteiger charge is -2.11. The van der Waals surface area contributed by atoms with Crippen molar-refractivity contribution in [3.8, 4) is 0 Å². The minimum Gasteiger partial charge on any atom is -0.451 e. The Morgan fingerprint density at radius 2 is 1.73 bits per heavy atom. The lowest BCUT2D eigenvalue weighted by Crippen LogP contribution is -2.50. The van der Waals surface area contributed by atoms with E-state index in [0.717, 1.165) is 10.9 Å². The zero-order chi connectivity index (χ0) is 17.9. The standard InChI is InChI=1S/C19H18N4O3/c24-18(15-11-14(20-21-15)12-6-2-1-3-7-12)22-23-19(25)17-10-13-8-4-5-9-16(13)26-17/h1-10,14-15,20-21H,11H2,(H,22,24)(H,23,25). The minimum absolute atomic E-state index is 0.0398. The van der Waals surface area contributed by atoms with Gasteiger partial charge in [-0.2, -0.15) is 0 Å². The van der Waals surface area contributed by atoms with Crippen molar-refractivity contribution >= 4 is 22.8 Å². The van der Waals surface area contributed by atoms with Crippen molar-refractivity contribution < 1.29 is 14.0 Å². The molecule has 0 radical (unpaired) electrons. The number of hydrogen-bond acceptors (Lipinski definition) is 5. The van der Waals surface area contributed by atoms with E-state index in [2.05, 4.69) is 21.7 Å². The molecule has 4 rings (SSSR count). The molecule has 2 amide bonds. The van der Waals surface area contributed by atoms with E-state index < -0.39 is 11.9 Å². The number of hydrazine groups is 2. The molecule has 1 aromatic heterocycles. The largest absolute Gasteiger partial charge is 0.451 e. The Labute approximate surface area is 149 Å². The summed E-state index contributed by atoms with van der Waals surface area (Å²) in [4.78, 5) is 24.4. The van der Waals surface area contributed by atoms with E-state index in [1.54, 1.807) is 12.1 Å². The number of furan rings is 1. The number of benzene rings is 2. The van der Waals surface area contributed by atoms with Crippen molar-refractivity contribution in [2.24, 2.45) is 0 Å². The highest BCUT2D eigenvalue weighted by Gasteiger charge is 2.30. The molecule has 0 spiro atoms. The van der Waals surface area contributed by atoms with Gasteiger partial charge in [0.05, 0.1) is 0 Å². The monoisotopic (exact) mass is 350 g/mol. The number of nitrogens with one attached hydrogen (secondary N) is 4. The zero-order valence-corrected chi connectivity index (χ0v) is 13.9. The molecule has 1 saturated heterocycles. The van der Waals surface area contributed by atoms with Gasteiger partial charge in [-0.05, 0) is 24.1 Å². The average molecular weight is 350 g/mol. The Kier molecular flexibility index (Phi) is 4.39. The van der Waals surface area contributed by atoms with E-state index in [1.807, 2.05) is 48.5 Å². The van der Waals surface area contributed by atoms with E-state index in [9.17, 15) is 9.59 Å². The summed E-state index contributed by atoms with van der Waals surface area (Å²) < 4.78 is 5.47. The zero-order valence-electron chi connectivity index (χ0n) is 13.9. The minimum atomic E-state index is -0.500. The number of rotatable bonds is 3. The summed E-state index contributed by atoms with van der Waals surface area (Å²) in [5, 5.41) is 0.830. The molecule has 3 aromatic rings. The Morgan fingerprint density at radius 1 is 0.962 bits per heavy atom. The Morgan fingerprint density at radius 3 is 2.54 bits per heavy atom. The molecular formula is C19H18N4O3. The molecule has 7 heteroatoms. The predicted octanol–water partition coefficient (Wildman–Crippen LogP) is 1.80. The second kappa shape index (κ2) is 6.99. The van der Waals surface area contributed by atoms with Gasteiger partial charge in [0.25, 0.3) is 5.91 Å². The lowest BCUT2D eigenvalue weighted by atomic mass is 10.0. The summed E-state index contributed by atoms with van der Waals surface area (Å²) in [6, 6.07) is 18.4. The first kappa shape index (κ1) is 16.3. The van der Waals surface area contributed by atoms with Gasteiger partial charge in [-0.3, -0.25) is 20.4 Å². The van der Waals surface area contributed by atoms with E-state index in [0.29, 0.717) is 12.0 Å². The van der Waals surface area contributed by atoms with Crippen LogP contribution in [0, 0.1) is 0 Å². The highest BCUT2D eigenvalue weighted by molar-refractivity contribution is 5.97. The highest BCUT2D eigenvalue weighted by atomic mass is 16.3. The van der Waals surface area contributed by atoms with Gasteiger partial charge in [-0.25, -0.2) is 10.9 Å². The normalized spacial score (nSPS) is 19.4. The van der Waals surface area contributed by atoms with Crippen LogP contribution < -0.4 is 21.7 Å². The van der Waals surface area contributed by atoms with Gasteiger partial charge in [0.1, 0.15) is 11.6 Å². The van der Waals surface area contributed by atoms with Crippen LogP contribution in [-0.4, -0.2) is 17.9 Å². The van der Waals surface area contributed by atoms with Crippen LogP contribution in [0.2, 0.25) is 0 Å². The second-order valence-electron chi connectivity index (χ2n) is 6.13. The molecule has 0 aliphatic carbocycles. The summed E-state index contributed by atoms with van der Waals surface area (Å²) >= 11 is 0. The Balaban J connectivity index is 1.33. The summed E-state index contributed by atoms with van der Waals surface area (Å²) in [6.45, 7) is 0. The summed E-state index contributed by atoms with van der Waals surface area (Å²) in [5.74, 6) is -0.674. The first-order valence-corrected chi connectivity index (χ1v) is 8.35. The number of para-hydroxylation sites is 1. The second-order valence-corrected chi connectivity index (χ2v) is 6.13. The van der Waals surface area contributed by atoms with Crippen LogP contribution >= 0.6 is 0 Å². The average Bonchev–Trinajstić information content (AvgIpc) is 3.33. The first-order valence-electron chi connectivity index (χ1n) is 8.35. The van der Waals surface area contributed by atoms with Gasteiger partial charge in [-0.1, -0.05) is 48.5 Å². The fourth-order valence-electron chi connectivity index (χ4n) is 2.99. The third kappa shape index (κ3) is 3.30. The van der Waals surface area contributed by atoms with E-state index in [1.165, 1.54) is 0 Å². The third-order valence-corrected chi connectivity index (χ3v) is 4.37. The van der Waals surface area contributed by atoms with Crippen molar-refractivity contribution in [3.05, 3.63) is 72.0 Å². The topological polar surface area (TPSA) is 95.4 Å². The van der Waals surface area contributed by atoms with Crippen LogP contribution in [0.3, 0.4) is 0 Å². The quantitative estimate of drug-likeness (QED) is 0.540. The van der Waals surface area contributed by atoms with Crippen molar-refractivity contribution in [1.82, 2.24) is 21.7 Å².